The van der Waals surface area contributed by atoms with Gasteiger partial charge in [-0.3, -0.25) is 0 Å². The van der Waals surface area contributed by atoms with Gasteiger partial charge in [0.05, 0.1) is 0 Å². The Labute approximate surface area is 124 Å². The van der Waals surface area contributed by atoms with E-state index < -0.39 is 11.9 Å². The van der Waals surface area contributed by atoms with E-state index in [0.29, 0.717) is 17.3 Å². The SMILES string of the molecule is CC.CC1CCN(c2nc(C(F)(F)F)ccc2CN)CC1. The highest BCUT2D eigenvalue weighted by Crippen LogP contribution is 2.31. The third kappa shape index (κ3) is 4.59. The van der Waals surface area contributed by atoms with E-state index in [-0.39, 0.29) is 6.54 Å². The maximum Gasteiger partial charge on any atom is 0.433 e. The Balaban J connectivity index is 0.00000106. The molecule has 0 amide bonds. The van der Waals surface area contributed by atoms with Gasteiger partial charge in [-0.25, -0.2) is 4.98 Å². The van der Waals surface area contributed by atoms with Crippen molar-refractivity contribution in [2.45, 2.75) is 46.3 Å². The van der Waals surface area contributed by atoms with Crippen LogP contribution in [0.25, 0.3) is 0 Å². The number of alkyl halides is 3. The molecule has 0 unspecified atom stereocenters. The summed E-state index contributed by atoms with van der Waals surface area (Å²) in [5.41, 5.74) is 5.42. The van der Waals surface area contributed by atoms with Gasteiger partial charge in [0, 0.05) is 25.2 Å². The normalized spacial score (nSPS) is 16.4. The summed E-state index contributed by atoms with van der Waals surface area (Å²) >= 11 is 0. The van der Waals surface area contributed by atoms with Crippen molar-refractivity contribution in [1.82, 2.24) is 4.98 Å². The molecule has 1 saturated heterocycles. The quantitative estimate of drug-likeness (QED) is 0.903. The molecule has 0 radical (unpaired) electrons. The van der Waals surface area contributed by atoms with Gasteiger partial charge in [-0.2, -0.15) is 13.2 Å². The monoisotopic (exact) mass is 303 g/mol. The molecule has 2 heterocycles. The summed E-state index contributed by atoms with van der Waals surface area (Å²) < 4.78 is 38.2. The number of nitrogens with zero attached hydrogens (tertiary/aromatic N) is 2. The summed E-state index contributed by atoms with van der Waals surface area (Å²) in [5.74, 6) is 1.01. The van der Waals surface area contributed by atoms with Gasteiger partial charge in [0.2, 0.25) is 0 Å². The van der Waals surface area contributed by atoms with Crippen LogP contribution in [0.4, 0.5) is 19.0 Å². The minimum atomic E-state index is -4.41. The van der Waals surface area contributed by atoms with Gasteiger partial charge in [0.1, 0.15) is 11.5 Å². The summed E-state index contributed by atoms with van der Waals surface area (Å²) in [7, 11) is 0. The molecule has 1 aliphatic heterocycles. The van der Waals surface area contributed by atoms with Crippen molar-refractivity contribution >= 4 is 5.82 Å². The number of pyridine rings is 1. The zero-order valence-corrected chi connectivity index (χ0v) is 12.9. The fourth-order valence-corrected chi connectivity index (χ4v) is 2.29. The van der Waals surface area contributed by atoms with Gasteiger partial charge in [0.25, 0.3) is 0 Å². The molecule has 0 aromatic carbocycles. The van der Waals surface area contributed by atoms with Gasteiger partial charge < -0.3 is 10.6 Å². The van der Waals surface area contributed by atoms with E-state index >= 15 is 0 Å². The highest BCUT2D eigenvalue weighted by atomic mass is 19.4. The molecule has 21 heavy (non-hydrogen) atoms. The van der Waals surface area contributed by atoms with Gasteiger partial charge >= 0.3 is 6.18 Å². The second-order valence-corrected chi connectivity index (χ2v) is 5.05. The minimum Gasteiger partial charge on any atom is -0.356 e. The van der Waals surface area contributed by atoms with Gasteiger partial charge in [0.15, 0.2) is 0 Å². The number of halogens is 3. The number of hydrogen-bond donors (Lipinski definition) is 1. The van der Waals surface area contributed by atoms with Crippen LogP contribution in [-0.4, -0.2) is 18.1 Å². The zero-order valence-electron chi connectivity index (χ0n) is 12.9. The summed E-state index contributed by atoms with van der Waals surface area (Å²) in [4.78, 5) is 5.70. The first kappa shape index (κ1) is 17.8. The van der Waals surface area contributed by atoms with Crippen molar-refractivity contribution < 1.29 is 13.2 Å². The predicted octanol–water partition coefficient (Wildman–Crippen LogP) is 3.82. The van der Waals surface area contributed by atoms with Gasteiger partial charge in [-0.05, 0) is 24.8 Å². The molecule has 2 N–H and O–H groups in total. The number of nitrogens with two attached hydrogens (primary N) is 1. The van der Waals surface area contributed by atoms with Crippen LogP contribution in [0.15, 0.2) is 12.1 Å². The first-order valence-corrected chi connectivity index (χ1v) is 7.44. The van der Waals surface area contributed by atoms with E-state index in [0.717, 1.165) is 32.0 Å². The number of rotatable bonds is 2. The maximum absolute atomic E-state index is 12.7. The Kier molecular flexibility index (Phi) is 6.45. The lowest BCUT2D eigenvalue weighted by Gasteiger charge is -2.32. The van der Waals surface area contributed by atoms with E-state index in [4.69, 9.17) is 5.73 Å². The topological polar surface area (TPSA) is 42.2 Å². The standard InChI is InChI=1S/C13H18F3N3.C2H6/c1-9-4-6-19(7-5-9)12-10(8-17)2-3-11(18-12)13(14,15)16;1-2/h2-3,9H,4-8,17H2,1H3;1-2H3. The fraction of sp³-hybridized carbons (Fsp3) is 0.667. The van der Waals surface area contributed by atoms with Crippen molar-refractivity contribution in [3.63, 3.8) is 0 Å². The summed E-state index contributed by atoms with van der Waals surface area (Å²) in [5, 5.41) is 0. The van der Waals surface area contributed by atoms with Crippen LogP contribution in [0, 0.1) is 5.92 Å². The first-order chi connectivity index (χ1) is 9.91. The molecule has 0 aliphatic carbocycles. The third-order valence-electron chi connectivity index (χ3n) is 3.55. The molecule has 3 nitrogen and oxygen atoms in total. The Hall–Kier alpha value is -1.30. The number of anilines is 1. The predicted molar refractivity (Wildman–Crippen MR) is 79.1 cm³/mol. The molecule has 1 aliphatic rings. The summed E-state index contributed by atoms with van der Waals surface area (Å²) in [6.07, 6.45) is -2.46. The highest BCUT2D eigenvalue weighted by molar-refractivity contribution is 5.48. The number of piperidine rings is 1. The second kappa shape index (κ2) is 7.64. The van der Waals surface area contributed by atoms with Gasteiger partial charge in [-0.1, -0.05) is 26.8 Å². The molecule has 0 bridgehead atoms. The molecule has 0 spiro atoms. The van der Waals surface area contributed by atoms with Crippen molar-refractivity contribution in [2.24, 2.45) is 11.7 Å². The van der Waals surface area contributed by atoms with Crippen LogP contribution in [-0.2, 0) is 12.7 Å². The van der Waals surface area contributed by atoms with E-state index in [1.54, 1.807) is 0 Å². The largest absolute Gasteiger partial charge is 0.433 e. The molecule has 0 saturated carbocycles. The van der Waals surface area contributed by atoms with Crippen LogP contribution in [0.5, 0.6) is 0 Å². The minimum absolute atomic E-state index is 0.201. The Morgan fingerprint density at radius 2 is 1.81 bits per heavy atom. The molecule has 6 heteroatoms. The molecule has 1 fully saturated rings. The second-order valence-electron chi connectivity index (χ2n) is 5.05. The molecular formula is C15H24F3N3. The molecule has 1 aromatic rings. The van der Waals surface area contributed by atoms with Crippen LogP contribution in [0.2, 0.25) is 0 Å². The lowest BCUT2D eigenvalue weighted by molar-refractivity contribution is -0.141. The van der Waals surface area contributed by atoms with E-state index in [2.05, 4.69) is 11.9 Å². The van der Waals surface area contributed by atoms with E-state index in [9.17, 15) is 13.2 Å². The van der Waals surface area contributed by atoms with Gasteiger partial charge in [-0.15, -0.1) is 0 Å². The van der Waals surface area contributed by atoms with Crippen LogP contribution >= 0.6 is 0 Å². The Morgan fingerprint density at radius 3 is 2.29 bits per heavy atom. The maximum atomic E-state index is 12.7. The molecule has 120 valence electrons. The van der Waals surface area contributed by atoms with E-state index in [1.807, 2.05) is 18.7 Å². The van der Waals surface area contributed by atoms with Crippen molar-refractivity contribution in [3.05, 3.63) is 23.4 Å². The Bertz CT molecular complexity index is 438. The van der Waals surface area contributed by atoms with E-state index in [1.165, 1.54) is 6.07 Å². The lowest BCUT2D eigenvalue weighted by Crippen LogP contribution is -2.34. The molecule has 2 rings (SSSR count). The highest BCUT2D eigenvalue weighted by Gasteiger charge is 2.33. The lowest BCUT2D eigenvalue weighted by atomic mass is 9.99. The third-order valence-corrected chi connectivity index (χ3v) is 3.55. The fourth-order valence-electron chi connectivity index (χ4n) is 2.29. The van der Waals surface area contributed by atoms with Crippen LogP contribution in [0.1, 0.15) is 44.9 Å². The first-order valence-electron chi connectivity index (χ1n) is 7.44. The van der Waals surface area contributed by atoms with Crippen LogP contribution in [0.3, 0.4) is 0 Å². The summed E-state index contributed by atoms with van der Waals surface area (Å²) in [6.45, 7) is 7.83. The van der Waals surface area contributed by atoms with Crippen molar-refractivity contribution in [3.8, 4) is 0 Å². The molecular weight excluding hydrogens is 279 g/mol. The average molecular weight is 303 g/mol. The average Bonchev–Trinajstić information content (AvgIpc) is 2.48. The molecule has 0 atom stereocenters. The summed E-state index contributed by atoms with van der Waals surface area (Å²) in [6, 6.07) is 2.43. The smallest absolute Gasteiger partial charge is 0.356 e. The number of hydrogen-bond acceptors (Lipinski definition) is 3. The number of aromatic nitrogens is 1. The molecule has 1 aromatic heterocycles. The zero-order chi connectivity index (χ0) is 16.0. The Morgan fingerprint density at radius 1 is 1.24 bits per heavy atom. The van der Waals surface area contributed by atoms with Crippen LogP contribution < -0.4 is 10.6 Å². The van der Waals surface area contributed by atoms with Crippen molar-refractivity contribution in [1.29, 1.82) is 0 Å². The van der Waals surface area contributed by atoms with Crippen molar-refractivity contribution in [2.75, 3.05) is 18.0 Å².